The Hall–Kier alpha value is -1.23. The molecule has 0 unspecified atom stereocenters. The molecular weight excluding hydrogens is 236 g/mol. The van der Waals surface area contributed by atoms with E-state index in [1.165, 1.54) is 17.8 Å². The van der Waals surface area contributed by atoms with E-state index in [1.807, 2.05) is 6.92 Å². The molecule has 0 N–H and O–H groups in total. The van der Waals surface area contributed by atoms with Crippen molar-refractivity contribution in [1.82, 2.24) is 9.88 Å². The van der Waals surface area contributed by atoms with Crippen molar-refractivity contribution in [3.05, 3.63) is 16.1 Å². The van der Waals surface area contributed by atoms with Crippen molar-refractivity contribution in [3.63, 3.8) is 0 Å². The molecule has 1 amide bonds. The highest BCUT2D eigenvalue weighted by Crippen LogP contribution is 2.15. The standard InChI is InChI=1S/C12H16N2O2S/c1-9-8-13-12(17-9)10(15)7-11(16)14-5-3-2-4-6-14/h8H,2-7H2,1H3. The summed E-state index contributed by atoms with van der Waals surface area (Å²) in [4.78, 5) is 30.5. The van der Waals surface area contributed by atoms with Crippen LogP contribution in [0.2, 0.25) is 0 Å². The molecule has 0 atom stereocenters. The Kier molecular flexibility index (Phi) is 3.89. The molecule has 0 aromatic carbocycles. The Morgan fingerprint density at radius 3 is 2.65 bits per heavy atom. The number of rotatable bonds is 3. The van der Waals surface area contributed by atoms with Gasteiger partial charge in [-0.15, -0.1) is 11.3 Å². The highest BCUT2D eigenvalue weighted by molar-refractivity contribution is 7.13. The summed E-state index contributed by atoms with van der Waals surface area (Å²) in [7, 11) is 0. The predicted octanol–water partition coefficient (Wildman–Crippen LogP) is 2.04. The maximum absolute atomic E-state index is 11.9. The number of Topliss-reactive ketones (excluding diaryl/α,β-unsaturated/α-hetero) is 1. The molecule has 1 saturated heterocycles. The molecule has 0 bridgehead atoms. The summed E-state index contributed by atoms with van der Waals surface area (Å²) >= 11 is 1.35. The summed E-state index contributed by atoms with van der Waals surface area (Å²) < 4.78 is 0. The van der Waals surface area contributed by atoms with E-state index in [2.05, 4.69) is 4.98 Å². The first kappa shape index (κ1) is 12.2. The molecular formula is C12H16N2O2S. The lowest BCUT2D eigenvalue weighted by Gasteiger charge is -2.26. The Morgan fingerprint density at radius 2 is 2.06 bits per heavy atom. The van der Waals surface area contributed by atoms with Crippen LogP contribution in [0, 0.1) is 6.92 Å². The minimum Gasteiger partial charge on any atom is -0.342 e. The Balaban J connectivity index is 1.91. The largest absolute Gasteiger partial charge is 0.342 e. The normalized spacial score (nSPS) is 15.9. The molecule has 17 heavy (non-hydrogen) atoms. The average Bonchev–Trinajstić information content (AvgIpc) is 2.77. The van der Waals surface area contributed by atoms with Gasteiger partial charge in [0.05, 0.1) is 6.42 Å². The smallest absolute Gasteiger partial charge is 0.230 e. The van der Waals surface area contributed by atoms with E-state index < -0.39 is 0 Å². The third-order valence-electron chi connectivity index (χ3n) is 2.88. The van der Waals surface area contributed by atoms with Gasteiger partial charge in [0, 0.05) is 24.2 Å². The Labute approximate surface area is 105 Å². The van der Waals surface area contributed by atoms with Crippen molar-refractivity contribution in [2.45, 2.75) is 32.6 Å². The molecule has 1 fully saturated rings. The Bertz CT molecular complexity index is 422. The molecule has 5 heteroatoms. The maximum atomic E-state index is 11.9. The number of thiazole rings is 1. The zero-order valence-electron chi connectivity index (χ0n) is 9.94. The number of amides is 1. The number of likely N-dealkylation sites (tertiary alicyclic amines) is 1. The minimum absolute atomic E-state index is 0.0348. The zero-order valence-corrected chi connectivity index (χ0v) is 10.8. The monoisotopic (exact) mass is 252 g/mol. The van der Waals surface area contributed by atoms with Crippen LogP contribution >= 0.6 is 11.3 Å². The van der Waals surface area contributed by atoms with Crippen LogP contribution in [0.5, 0.6) is 0 Å². The van der Waals surface area contributed by atoms with Crippen LogP contribution in [-0.2, 0) is 4.79 Å². The van der Waals surface area contributed by atoms with Crippen LogP contribution in [0.3, 0.4) is 0 Å². The number of ketones is 1. The van der Waals surface area contributed by atoms with E-state index in [9.17, 15) is 9.59 Å². The van der Waals surface area contributed by atoms with Gasteiger partial charge in [-0.1, -0.05) is 0 Å². The van der Waals surface area contributed by atoms with E-state index in [0.717, 1.165) is 30.8 Å². The SMILES string of the molecule is Cc1cnc(C(=O)CC(=O)N2CCCCC2)s1. The van der Waals surface area contributed by atoms with Gasteiger partial charge < -0.3 is 4.90 Å². The highest BCUT2D eigenvalue weighted by Gasteiger charge is 2.21. The van der Waals surface area contributed by atoms with Gasteiger partial charge in [-0.2, -0.15) is 0 Å². The van der Waals surface area contributed by atoms with Gasteiger partial charge in [-0.05, 0) is 26.2 Å². The van der Waals surface area contributed by atoms with Crippen molar-refractivity contribution >= 4 is 23.0 Å². The van der Waals surface area contributed by atoms with Gasteiger partial charge in [0.25, 0.3) is 0 Å². The number of carbonyl (C=O) groups is 2. The molecule has 1 aliphatic heterocycles. The zero-order chi connectivity index (χ0) is 12.3. The average molecular weight is 252 g/mol. The predicted molar refractivity (Wildman–Crippen MR) is 66.2 cm³/mol. The van der Waals surface area contributed by atoms with Gasteiger partial charge >= 0.3 is 0 Å². The first-order valence-electron chi connectivity index (χ1n) is 5.90. The van der Waals surface area contributed by atoms with E-state index in [1.54, 1.807) is 11.1 Å². The Morgan fingerprint density at radius 1 is 1.35 bits per heavy atom. The van der Waals surface area contributed by atoms with Gasteiger partial charge in [0.15, 0.2) is 5.01 Å². The van der Waals surface area contributed by atoms with Crippen molar-refractivity contribution in [2.24, 2.45) is 0 Å². The van der Waals surface area contributed by atoms with E-state index in [4.69, 9.17) is 0 Å². The number of aryl methyl sites for hydroxylation is 1. The summed E-state index contributed by atoms with van der Waals surface area (Å²) in [6, 6.07) is 0. The molecule has 1 aromatic heterocycles. The first-order chi connectivity index (χ1) is 8.16. The second-order valence-corrected chi connectivity index (χ2v) is 5.55. The third-order valence-corrected chi connectivity index (χ3v) is 3.83. The number of hydrogen-bond acceptors (Lipinski definition) is 4. The van der Waals surface area contributed by atoms with Gasteiger partial charge in [-0.3, -0.25) is 9.59 Å². The van der Waals surface area contributed by atoms with Crippen LogP contribution in [0.15, 0.2) is 6.20 Å². The fourth-order valence-electron chi connectivity index (χ4n) is 1.95. The summed E-state index contributed by atoms with van der Waals surface area (Å²) in [5.41, 5.74) is 0. The second kappa shape index (κ2) is 5.40. The molecule has 0 saturated carbocycles. The van der Waals surface area contributed by atoms with E-state index in [0.29, 0.717) is 5.01 Å². The number of carbonyl (C=O) groups excluding carboxylic acids is 2. The molecule has 1 aromatic rings. The molecule has 92 valence electrons. The van der Waals surface area contributed by atoms with Crippen LogP contribution in [-0.4, -0.2) is 34.7 Å². The minimum atomic E-state index is -0.154. The molecule has 2 heterocycles. The number of aromatic nitrogens is 1. The number of nitrogens with zero attached hydrogens (tertiary/aromatic N) is 2. The molecule has 2 rings (SSSR count). The summed E-state index contributed by atoms with van der Waals surface area (Å²) in [6.45, 7) is 3.49. The van der Waals surface area contributed by atoms with E-state index >= 15 is 0 Å². The lowest BCUT2D eigenvalue weighted by Crippen LogP contribution is -2.36. The van der Waals surface area contributed by atoms with Gasteiger partial charge in [0.2, 0.25) is 11.7 Å². The van der Waals surface area contributed by atoms with Crippen molar-refractivity contribution in [1.29, 1.82) is 0 Å². The van der Waals surface area contributed by atoms with Crippen molar-refractivity contribution < 1.29 is 9.59 Å². The van der Waals surface area contributed by atoms with Gasteiger partial charge in [-0.25, -0.2) is 4.98 Å². The molecule has 0 radical (unpaired) electrons. The first-order valence-corrected chi connectivity index (χ1v) is 6.72. The van der Waals surface area contributed by atoms with Crippen LogP contribution in [0.4, 0.5) is 0 Å². The number of piperidine rings is 1. The number of hydrogen-bond donors (Lipinski definition) is 0. The topological polar surface area (TPSA) is 50.3 Å². The quantitative estimate of drug-likeness (QED) is 0.611. The van der Waals surface area contributed by atoms with Crippen LogP contribution in [0.1, 0.15) is 40.4 Å². The molecule has 4 nitrogen and oxygen atoms in total. The van der Waals surface area contributed by atoms with Crippen molar-refractivity contribution in [3.8, 4) is 0 Å². The van der Waals surface area contributed by atoms with Crippen LogP contribution < -0.4 is 0 Å². The summed E-state index contributed by atoms with van der Waals surface area (Å²) in [6.07, 6.45) is 4.92. The van der Waals surface area contributed by atoms with Crippen LogP contribution in [0.25, 0.3) is 0 Å². The maximum Gasteiger partial charge on any atom is 0.230 e. The fraction of sp³-hybridized carbons (Fsp3) is 0.583. The summed E-state index contributed by atoms with van der Waals surface area (Å²) in [5.74, 6) is -0.207. The second-order valence-electron chi connectivity index (χ2n) is 4.32. The fourth-order valence-corrected chi connectivity index (χ4v) is 2.65. The van der Waals surface area contributed by atoms with Crippen molar-refractivity contribution in [2.75, 3.05) is 13.1 Å². The molecule has 0 aliphatic carbocycles. The third kappa shape index (κ3) is 3.12. The summed E-state index contributed by atoms with van der Waals surface area (Å²) in [5, 5.41) is 0.452. The van der Waals surface area contributed by atoms with Gasteiger partial charge in [0.1, 0.15) is 0 Å². The molecule has 0 spiro atoms. The lowest BCUT2D eigenvalue weighted by atomic mass is 10.1. The highest BCUT2D eigenvalue weighted by atomic mass is 32.1. The molecule has 1 aliphatic rings. The van der Waals surface area contributed by atoms with E-state index in [-0.39, 0.29) is 18.1 Å². The lowest BCUT2D eigenvalue weighted by molar-refractivity contribution is -0.131.